The molecule has 1 heterocycles. The molecule has 0 saturated carbocycles. The Morgan fingerprint density at radius 1 is 0.964 bits per heavy atom. The Bertz CT molecular complexity index is 836. The van der Waals surface area contributed by atoms with Crippen LogP contribution in [0, 0.1) is 13.8 Å². The van der Waals surface area contributed by atoms with Crippen molar-refractivity contribution in [2.75, 3.05) is 18.4 Å². The van der Waals surface area contributed by atoms with Gasteiger partial charge in [0.25, 0.3) is 11.8 Å². The predicted octanol–water partition coefficient (Wildman–Crippen LogP) is 4.34. The topological polar surface area (TPSA) is 58.6 Å². The fraction of sp³-hybridized carbons (Fsp3) is 0.391. The number of amides is 2. The van der Waals surface area contributed by atoms with E-state index in [1.807, 2.05) is 49.1 Å². The molecular weight excluding hydrogens is 352 g/mol. The van der Waals surface area contributed by atoms with Gasteiger partial charge in [-0.2, -0.15) is 0 Å². The van der Waals surface area contributed by atoms with E-state index in [4.69, 9.17) is 4.74 Å². The van der Waals surface area contributed by atoms with Gasteiger partial charge in [-0.15, -0.1) is 0 Å². The molecule has 1 atom stereocenters. The number of hydrogen-bond donors (Lipinski definition) is 1. The van der Waals surface area contributed by atoms with Gasteiger partial charge in [0.05, 0.1) is 11.3 Å². The van der Waals surface area contributed by atoms with Crippen molar-refractivity contribution >= 4 is 17.5 Å². The third kappa shape index (κ3) is 4.53. The Hall–Kier alpha value is -2.82. The number of nitrogens with one attached hydrogen (secondary N) is 1. The number of anilines is 1. The van der Waals surface area contributed by atoms with E-state index >= 15 is 0 Å². The number of rotatable bonds is 5. The van der Waals surface area contributed by atoms with Gasteiger partial charge in [-0.3, -0.25) is 9.59 Å². The highest BCUT2D eigenvalue weighted by molar-refractivity contribution is 6.04. The number of aryl methyl sites for hydroxylation is 2. The second-order valence-corrected chi connectivity index (χ2v) is 7.37. The van der Waals surface area contributed by atoms with E-state index in [0.717, 1.165) is 49.2 Å². The summed E-state index contributed by atoms with van der Waals surface area (Å²) < 4.78 is 5.92. The van der Waals surface area contributed by atoms with Crippen LogP contribution in [0.5, 0.6) is 5.75 Å². The first-order valence-electron chi connectivity index (χ1n) is 9.89. The molecule has 28 heavy (non-hydrogen) atoms. The van der Waals surface area contributed by atoms with E-state index in [1.54, 1.807) is 19.1 Å². The summed E-state index contributed by atoms with van der Waals surface area (Å²) >= 11 is 0. The lowest BCUT2D eigenvalue weighted by atomic mass is 10.1. The number of ether oxygens (including phenoxy) is 1. The Labute approximate surface area is 166 Å². The normalized spacial score (nSPS) is 15.0. The third-order valence-electron chi connectivity index (χ3n) is 5.13. The molecule has 2 aromatic rings. The lowest BCUT2D eigenvalue weighted by molar-refractivity contribution is -0.122. The second kappa shape index (κ2) is 8.91. The second-order valence-electron chi connectivity index (χ2n) is 7.37. The van der Waals surface area contributed by atoms with Crippen LogP contribution in [-0.2, 0) is 4.79 Å². The van der Waals surface area contributed by atoms with E-state index < -0.39 is 6.10 Å². The van der Waals surface area contributed by atoms with Gasteiger partial charge >= 0.3 is 0 Å². The molecule has 2 aromatic carbocycles. The van der Waals surface area contributed by atoms with Crippen molar-refractivity contribution in [1.29, 1.82) is 0 Å². The molecule has 0 spiro atoms. The van der Waals surface area contributed by atoms with Gasteiger partial charge in [0, 0.05) is 13.1 Å². The summed E-state index contributed by atoms with van der Waals surface area (Å²) in [7, 11) is 0. The van der Waals surface area contributed by atoms with Crippen molar-refractivity contribution < 1.29 is 14.3 Å². The van der Waals surface area contributed by atoms with Crippen LogP contribution < -0.4 is 10.1 Å². The summed E-state index contributed by atoms with van der Waals surface area (Å²) in [5.41, 5.74) is 3.03. The zero-order valence-corrected chi connectivity index (χ0v) is 16.8. The van der Waals surface area contributed by atoms with Crippen molar-refractivity contribution in [3.05, 3.63) is 59.2 Å². The lowest BCUT2D eigenvalue weighted by Gasteiger charge is -2.27. The largest absolute Gasteiger partial charge is 0.480 e. The smallest absolute Gasteiger partial charge is 0.265 e. The first-order chi connectivity index (χ1) is 13.5. The number of hydrogen-bond acceptors (Lipinski definition) is 3. The van der Waals surface area contributed by atoms with Gasteiger partial charge in [0.15, 0.2) is 6.10 Å². The number of carbonyl (C=O) groups is 2. The molecule has 0 aliphatic carbocycles. The highest BCUT2D eigenvalue weighted by atomic mass is 16.5. The summed E-state index contributed by atoms with van der Waals surface area (Å²) in [6.07, 6.45) is 2.54. The average molecular weight is 380 g/mol. The SMILES string of the molecule is Cc1cccc(C)c1OC(C)C(=O)Nc1ccccc1C(=O)N1CCCCC1. The van der Waals surface area contributed by atoms with Crippen molar-refractivity contribution in [2.45, 2.75) is 46.1 Å². The lowest BCUT2D eigenvalue weighted by Crippen LogP contribution is -2.36. The van der Waals surface area contributed by atoms with Crippen LogP contribution in [0.1, 0.15) is 47.7 Å². The highest BCUT2D eigenvalue weighted by Gasteiger charge is 2.23. The van der Waals surface area contributed by atoms with Gasteiger partial charge in [-0.25, -0.2) is 0 Å². The van der Waals surface area contributed by atoms with E-state index in [0.29, 0.717) is 11.3 Å². The minimum Gasteiger partial charge on any atom is -0.480 e. The van der Waals surface area contributed by atoms with Gasteiger partial charge < -0.3 is 15.0 Å². The Morgan fingerprint density at radius 3 is 2.29 bits per heavy atom. The number of piperidine rings is 1. The van der Waals surface area contributed by atoms with E-state index in [-0.39, 0.29) is 11.8 Å². The molecule has 1 saturated heterocycles. The van der Waals surface area contributed by atoms with Crippen LogP contribution in [0.3, 0.4) is 0 Å². The zero-order valence-electron chi connectivity index (χ0n) is 16.8. The van der Waals surface area contributed by atoms with Crippen LogP contribution in [0.25, 0.3) is 0 Å². The Balaban J connectivity index is 1.72. The standard InChI is InChI=1S/C23H28N2O3/c1-16-10-9-11-17(2)21(16)28-18(3)22(26)24-20-13-6-5-12-19(20)23(27)25-14-7-4-8-15-25/h5-6,9-13,18H,4,7-8,14-15H2,1-3H3,(H,24,26). The molecule has 0 radical (unpaired) electrons. The Morgan fingerprint density at radius 2 is 1.61 bits per heavy atom. The molecule has 1 aliphatic heterocycles. The van der Waals surface area contributed by atoms with Crippen LogP contribution in [0.15, 0.2) is 42.5 Å². The summed E-state index contributed by atoms with van der Waals surface area (Å²) in [4.78, 5) is 27.5. The van der Waals surface area contributed by atoms with Crippen LogP contribution in [-0.4, -0.2) is 35.9 Å². The highest BCUT2D eigenvalue weighted by Crippen LogP contribution is 2.25. The van der Waals surface area contributed by atoms with Gasteiger partial charge in [-0.05, 0) is 63.3 Å². The summed E-state index contributed by atoms with van der Waals surface area (Å²) in [5.74, 6) is 0.420. The van der Waals surface area contributed by atoms with Crippen molar-refractivity contribution in [1.82, 2.24) is 4.90 Å². The predicted molar refractivity (Wildman–Crippen MR) is 111 cm³/mol. The summed E-state index contributed by atoms with van der Waals surface area (Å²) in [5, 5.41) is 2.88. The maximum atomic E-state index is 12.9. The molecule has 2 amide bonds. The van der Waals surface area contributed by atoms with E-state index in [1.165, 1.54) is 0 Å². The number of carbonyl (C=O) groups excluding carboxylic acids is 2. The molecule has 148 valence electrons. The maximum Gasteiger partial charge on any atom is 0.265 e. The molecule has 5 nitrogen and oxygen atoms in total. The first kappa shape index (κ1) is 19.9. The summed E-state index contributed by atoms with van der Waals surface area (Å²) in [6.45, 7) is 7.18. The van der Waals surface area contributed by atoms with E-state index in [2.05, 4.69) is 5.32 Å². The molecule has 1 fully saturated rings. The van der Waals surface area contributed by atoms with Crippen LogP contribution in [0.4, 0.5) is 5.69 Å². The Kier molecular flexibility index (Phi) is 6.34. The zero-order chi connectivity index (χ0) is 20.1. The fourth-order valence-electron chi connectivity index (χ4n) is 3.50. The number of para-hydroxylation sites is 2. The van der Waals surface area contributed by atoms with Gasteiger partial charge in [0.1, 0.15) is 5.75 Å². The first-order valence-corrected chi connectivity index (χ1v) is 9.89. The maximum absolute atomic E-state index is 12.9. The molecule has 0 aromatic heterocycles. The quantitative estimate of drug-likeness (QED) is 0.840. The minimum absolute atomic E-state index is 0.0288. The van der Waals surface area contributed by atoms with Crippen LogP contribution >= 0.6 is 0 Å². The molecule has 5 heteroatoms. The molecule has 1 aliphatic rings. The molecular formula is C23H28N2O3. The monoisotopic (exact) mass is 380 g/mol. The van der Waals surface area contributed by atoms with E-state index in [9.17, 15) is 9.59 Å². The average Bonchev–Trinajstić information content (AvgIpc) is 2.71. The number of nitrogens with zero attached hydrogens (tertiary/aromatic N) is 1. The molecule has 1 unspecified atom stereocenters. The third-order valence-corrected chi connectivity index (χ3v) is 5.13. The fourth-order valence-corrected chi connectivity index (χ4v) is 3.50. The summed E-state index contributed by atoms with van der Waals surface area (Å²) in [6, 6.07) is 13.1. The minimum atomic E-state index is -0.682. The van der Waals surface area contributed by atoms with Crippen LogP contribution in [0.2, 0.25) is 0 Å². The molecule has 3 rings (SSSR count). The number of likely N-dealkylation sites (tertiary alicyclic amines) is 1. The van der Waals surface area contributed by atoms with Crippen molar-refractivity contribution in [2.24, 2.45) is 0 Å². The van der Waals surface area contributed by atoms with Crippen molar-refractivity contribution in [3.63, 3.8) is 0 Å². The van der Waals surface area contributed by atoms with Gasteiger partial charge in [-0.1, -0.05) is 30.3 Å². The number of benzene rings is 2. The van der Waals surface area contributed by atoms with Gasteiger partial charge in [0.2, 0.25) is 0 Å². The molecule has 1 N–H and O–H groups in total. The van der Waals surface area contributed by atoms with Crippen molar-refractivity contribution in [3.8, 4) is 5.75 Å². The molecule has 0 bridgehead atoms.